The summed E-state index contributed by atoms with van der Waals surface area (Å²) < 4.78 is 0. The van der Waals surface area contributed by atoms with Crippen molar-refractivity contribution in [3.63, 3.8) is 0 Å². The number of hydrogen-bond donors (Lipinski definition) is 3. The van der Waals surface area contributed by atoms with E-state index in [1.165, 1.54) is 12.1 Å². The van der Waals surface area contributed by atoms with Gasteiger partial charge >= 0.3 is 0 Å². The maximum atomic E-state index is 8.65. The normalized spacial score (nSPS) is 9.33. The van der Waals surface area contributed by atoms with Gasteiger partial charge in [-0.25, -0.2) is 0 Å². The van der Waals surface area contributed by atoms with Crippen LogP contribution in [0.5, 0.6) is 17.2 Å². The molecule has 1 rings (SSSR count). The van der Waals surface area contributed by atoms with Gasteiger partial charge in [0.2, 0.25) is 0 Å². The van der Waals surface area contributed by atoms with Crippen molar-refractivity contribution < 1.29 is 15.3 Å². The fraction of sp³-hybridized carbons (Fsp3) is 0. The lowest BCUT2D eigenvalue weighted by molar-refractivity contribution is 0.395. The highest BCUT2D eigenvalue weighted by molar-refractivity contribution is 5.41. The van der Waals surface area contributed by atoms with Crippen LogP contribution < -0.4 is 0 Å². The Morgan fingerprint density at radius 2 is 1.78 bits per heavy atom. The molecular weight excluding hydrogens is 120 g/mol. The van der Waals surface area contributed by atoms with E-state index in [9.17, 15) is 0 Å². The Bertz CT molecular complexity index is 220. The predicted molar refractivity (Wildman–Crippen MR) is 30.3 cm³/mol. The van der Waals surface area contributed by atoms with Crippen molar-refractivity contribution in [2.24, 2.45) is 0 Å². The van der Waals surface area contributed by atoms with Gasteiger partial charge < -0.3 is 15.3 Å². The van der Waals surface area contributed by atoms with E-state index < -0.39 is 5.75 Å². The molecule has 0 aromatic heterocycles. The molecule has 0 aliphatic rings. The van der Waals surface area contributed by atoms with Crippen molar-refractivity contribution in [2.75, 3.05) is 0 Å². The summed E-state index contributed by atoms with van der Waals surface area (Å²) in [6.45, 7) is 0. The molecular formula is C6H5O3. The van der Waals surface area contributed by atoms with Crippen LogP contribution in [0.2, 0.25) is 0 Å². The Balaban J connectivity index is 3.17. The third-order valence-electron chi connectivity index (χ3n) is 0.888. The molecule has 0 spiro atoms. The second-order valence-corrected chi connectivity index (χ2v) is 1.58. The Morgan fingerprint density at radius 3 is 2.22 bits per heavy atom. The fourth-order valence-corrected chi connectivity index (χ4v) is 0.464. The first kappa shape index (κ1) is 5.75. The van der Waals surface area contributed by atoms with Crippen LogP contribution in [0.1, 0.15) is 0 Å². The third-order valence-corrected chi connectivity index (χ3v) is 0.888. The molecule has 3 heteroatoms. The number of rotatable bonds is 0. The first-order valence-electron chi connectivity index (χ1n) is 2.33. The van der Waals surface area contributed by atoms with Crippen LogP contribution in [0.15, 0.2) is 12.1 Å². The first-order valence-corrected chi connectivity index (χ1v) is 2.33. The SMILES string of the molecule is Oc1[c]c(O)c(O)cc1. The summed E-state index contributed by atoms with van der Waals surface area (Å²) in [4.78, 5) is 0. The molecule has 0 heterocycles. The summed E-state index contributed by atoms with van der Waals surface area (Å²) in [7, 11) is 0. The number of hydrogen-bond acceptors (Lipinski definition) is 3. The summed E-state index contributed by atoms with van der Waals surface area (Å²) in [6.07, 6.45) is 0. The molecule has 0 amide bonds. The lowest BCUT2D eigenvalue weighted by Crippen LogP contribution is -1.67. The molecule has 0 unspecified atom stereocenters. The maximum absolute atomic E-state index is 8.65. The quantitative estimate of drug-likeness (QED) is 0.351. The second kappa shape index (κ2) is 1.85. The van der Waals surface area contributed by atoms with Crippen molar-refractivity contribution in [3.05, 3.63) is 18.2 Å². The summed E-state index contributed by atoms with van der Waals surface area (Å²) >= 11 is 0. The zero-order valence-electron chi connectivity index (χ0n) is 4.50. The standard InChI is InChI=1S/C6H5O3/c7-4-1-2-5(8)6(9)3-4/h1-2,7-9H. The van der Waals surface area contributed by atoms with Crippen LogP contribution in [-0.2, 0) is 0 Å². The average molecular weight is 125 g/mol. The Hall–Kier alpha value is -1.38. The summed E-state index contributed by atoms with van der Waals surface area (Å²) in [6, 6.07) is 4.51. The van der Waals surface area contributed by atoms with Gasteiger partial charge in [0.25, 0.3) is 0 Å². The van der Waals surface area contributed by atoms with Gasteiger partial charge in [0.05, 0.1) is 6.07 Å². The zero-order chi connectivity index (χ0) is 6.85. The molecule has 0 aliphatic carbocycles. The van der Waals surface area contributed by atoms with Crippen molar-refractivity contribution in [1.29, 1.82) is 0 Å². The Morgan fingerprint density at radius 1 is 1.11 bits per heavy atom. The highest BCUT2D eigenvalue weighted by Gasteiger charge is 1.97. The minimum Gasteiger partial charge on any atom is -0.507 e. The van der Waals surface area contributed by atoms with E-state index in [1.807, 2.05) is 0 Å². The van der Waals surface area contributed by atoms with Crippen LogP contribution in [0.4, 0.5) is 0 Å². The largest absolute Gasteiger partial charge is 0.507 e. The third kappa shape index (κ3) is 1.05. The topological polar surface area (TPSA) is 60.7 Å². The number of aromatic hydroxyl groups is 3. The van der Waals surface area contributed by atoms with E-state index in [0.29, 0.717) is 0 Å². The molecule has 9 heavy (non-hydrogen) atoms. The molecule has 1 radical (unpaired) electrons. The van der Waals surface area contributed by atoms with E-state index in [1.54, 1.807) is 0 Å². The summed E-state index contributed by atoms with van der Waals surface area (Å²) in [5.74, 6) is -0.909. The van der Waals surface area contributed by atoms with E-state index in [0.717, 1.165) is 0 Å². The van der Waals surface area contributed by atoms with Gasteiger partial charge in [-0.1, -0.05) is 0 Å². The molecule has 0 saturated heterocycles. The molecule has 0 atom stereocenters. The van der Waals surface area contributed by atoms with E-state index in [4.69, 9.17) is 15.3 Å². The highest BCUT2D eigenvalue weighted by atomic mass is 16.3. The Kier molecular flexibility index (Phi) is 1.18. The van der Waals surface area contributed by atoms with Crippen LogP contribution in [0.25, 0.3) is 0 Å². The van der Waals surface area contributed by atoms with Crippen molar-refractivity contribution >= 4 is 0 Å². The van der Waals surface area contributed by atoms with Crippen LogP contribution in [0.3, 0.4) is 0 Å². The van der Waals surface area contributed by atoms with Crippen molar-refractivity contribution in [1.82, 2.24) is 0 Å². The van der Waals surface area contributed by atoms with Gasteiger partial charge in [0, 0.05) is 0 Å². The molecule has 1 aromatic carbocycles. The van der Waals surface area contributed by atoms with Gasteiger partial charge in [-0.2, -0.15) is 0 Å². The van der Waals surface area contributed by atoms with E-state index >= 15 is 0 Å². The van der Waals surface area contributed by atoms with Crippen LogP contribution >= 0.6 is 0 Å². The maximum Gasteiger partial charge on any atom is 0.169 e. The highest BCUT2D eigenvalue weighted by Crippen LogP contribution is 2.26. The second-order valence-electron chi connectivity index (χ2n) is 1.58. The monoisotopic (exact) mass is 125 g/mol. The molecule has 0 fully saturated rings. The average Bonchev–Trinajstić information content (AvgIpc) is 1.80. The molecule has 1 aromatic rings. The zero-order valence-corrected chi connectivity index (χ0v) is 4.50. The minimum absolute atomic E-state index is 0.190. The predicted octanol–water partition coefficient (Wildman–Crippen LogP) is 0.604. The van der Waals surface area contributed by atoms with Crippen LogP contribution in [0, 0.1) is 6.07 Å². The number of benzene rings is 1. The Labute approximate surface area is 51.8 Å². The van der Waals surface area contributed by atoms with Crippen molar-refractivity contribution in [2.45, 2.75) is 0 Å². The van der Waals surface area contributed by atoms with Gasteiger partial charge in [0.15, 0.2) is 11.5 Å². The molecule has 0 aliphatic heterocycles. The van der Waals surface area contributed by atoms with E-state index in [-0.39, 0.29) is 11.5 Å². The van der Waals surface area contributed by atoms with Crippen molar-refractivity contribution in [3.8, 4) is 17.2 Å². The molecule has 0 bridgehead atoms. The van der Waals surface area contributed by atoms with Gasteiger partial charge in [-0.15, -0.1) is 0 Å². The lowest BCUT2D eigenvalue weighted by Gasteiger charge is -1.94. The number of phenolic OH excluding ortho intramolecular Hbond substituents is 3. The van der Waals surface area contributed by atoms with E-state index in [2.05, 4.69) is 6.07 Å². The smallest absolute Gasteiger partial charge is 0.169 e. The van der Waals surface area contributed by atoms with Gasteiger partial charge in [-0.3, -0.25) is 0 Å². The van der Waals surface area contributed by atoms with Crippen LogP contribution in [-0.4, -0.2) is 15.3 Å². The summed E-state index contributed by atoms with van der Waals surface area (Å²) in [5.41, 5.74) is 0. The first-order chi connectivity index (χ1) is 4.20. The summed E-state index contributed by atoms with van der Waals surface area (Å²) in [5, 5.41) is 25.9. The lowest BCUT2D eigenvalue weighted by atomic mass is 10.3. The van der Waals surface area contributed by atoms with Gasteiger partial charge in [-0.05, 0) is 12.1 Å². The molecule has 3 nitrogen and oxygen atoms in total. The number of phenols is 3. The fourth-order valence-electron chi connectivity index (χ4n) is 0.464. The molecule has 0 saturated carbocycles. The minimum atomic E-state index is -0.435. The molecule has 47 valence electrons. The van der Waals surface area contributed by atoms with Gasteiger partial charge in [0.1, 0.15) is 5.75 Å². The molecule has 3 N–H and O–H groups in total.